The molecule has 2 fully saturated rings. The lowest BCUT2D eigenvalue weighted by molar-refractivity contribution is -0.142. The molecule has 4 rings (SSSR count). The Labute approximate surface area is 182 Å². The zero-order valence-electron chi connectivity index (χ0n) is 17.3. The number of hydrogen-bond acceptors (Lipinski definition) is 5. The molecule has 3 amide bonds. The Morgan fingerprint density at radius 1 is 0.903 bits per heavy atom. The van der Waals surface area contributed by atoms with Gasteiger partial charge in [0.1, 0.15) is 6.54 Å². The number of anilines is 1. The zero-order chi connectivity index (χ0) is 22.0. The average molecular weight is 446 g/mol. The third kappa shape index (κ3) is 4.43. The van der Waals surface area contributed by atoms with Crippen LogP contribution in [0.1, 0.15) is 38.5 Å². The lowest BCUT2D eigenvalue weighted by atomic mass is 9.85. The smallest absolute Gasteiger partial charge is 0.244 e. The highest BCUT2D eigenvalue weighted by molar-refractivity contribution is 7.89. The number of amides is 3. The molecule has 1 aromatic rings. The van der Waals surface area contributed by atoms with E-state index < -0.39 is 15.9 Å². The molecule has 2 heterocycles. The highest BCUT2D eigenvalue weighted by Crippen LogP contribution is 2.34. The molecule has 0 radical (unpaired) electrons. The van der Waals surface area contributed by atoms with E-state index >= 15 is 0 Å². The van der Waals surface area contributed by atoms with E-state index in [2.05, 4.69) is 5.32 Å². The van der Waals surface area contributed by atoms with Gasteiger partial charge in [0.05, 0.1) is 16.7 Å². The monoisotopic (exact) mass is 445 g/mol. The summed E-state index contributed by atoms with van der Waals surface area (Å²) in [5.74, 6) is -1.82. The summed E-state index contributed by atoms with van der Waals surface area (Å²) in [7, 11) is -3.56. The van der Waals surface area contributed by atoms with Gasteiger partial charge < -0.3 is 5.32 Å². The molecular weight excluding hydrogens is 418 g/mol. The van der Waals surface area contributed by atoms with E-state index in [4.69, 9.17) is 0 Å². The van der Waals surface area contributed by atoms with Crippen LogP contribution < -0.4 is 5.32 Å². The van der Waals surface area contributed by atoms with Gasteiger partial charge in [0.2, 0.25) is 27.7 Å². The molecule has 0 bridgehead atoms. The Kier molecular flexibility index (Phi) is 6.24. The van der Waals surface area contributed by atoms with Crippen molar-refractivity contribution in [1.29, 1.82) is 0 Å². The quantitative estimate of drug-likeness (QED) is 0.552. The Balaban J connectivity index is 1.38. The lowest BCUT2D eigenvalue weighted by Gasteiger charge is -2.20. The number of rotatable bonds is 5. The number of allylic oxidation sites excluding steroid dienone is 2. The van der Waals surface area contributed by atoms with Crippen molar-refractivity contribution in [3.05, 3.63) is 36.4 Å². The number of fused-ring (bicyclic) bond motifs is 1. The predicted molar refractivity (Wildman–Crippen MR) is 114 cm³/mol. The minimum atomic E-state index is -3.56. The van der Waals surface area contributed by atoms with Gasteiger partial charge in [-0.2, -0.15) is 4.31 Å². The number of sulfonamides is 1. The van der Waals surface area contributed by atoms with Crippen molar-refractivity contribution < 1.29 is 22.8 Å². The molecule has 1 aromatic carbocycles. The molecule has 2 aliphatic heterocycles. The summed E-state index contributed by atoms with van der Waals surface area (Å²) in [5.41, 5.74) is 0.415. The van der Waals surface area contributed by atoms with Crippen LogP contribution in [0, 0.1) is 11.8 Å². The van der Waals surface area contributed by atoms with Gasteiger partial charge in [-0.25, -0.2) is 8.42 Å². The summed E-state index contributed by atoms with van der Waals surface area (Å²) in [6.07, 6.45) is 8.65. The number of nitrogens with one attached hydrogen (secondary N) is 1. The lowest BCUT2D eigenvalue weighted by Crippen LogP contribution is -2.38. The molecule has 2 atom stereocenters. The first-order valence-corrected chi connectivity index (χ1v) is 12.2. The second kappa shape index (κ2) is 8.92. The third-order valence-corrected chi connectivity index (χ3v) is 8.15. The van der Waals surface area contributed by atoms with Gasteiger partial charge in [-0.1, -0.05) is 25.0 Å². The van der Waals surface area contributed by atoms with E-state index in [1.165, 1.54) is 28.6 Å². The summed E-state index contributed by atoms with van der Waals surface area (Å²) in [4.78, 5) is 38.6. The first-order valence-electron chi connectivity index (χ1n) is 10.8. The van der Waals surface area contributed by atoms with Crippen LogP contribution in [0.4, 0.5) is 5.69 Å². The number of imide groups is 1. The molecule has 166 valence electrons. The van der Waals surface area contributed by atoms with E-state index in [0.29, 0.717) is 31.6 Å². The maximum Gasteiger partial charge on any atom is 0.244 e. The summed E-state index contributed by atoms with van der Waals surface area (Å²) in [6, 6.07) is 6.00. The molecular formula is C22H27N3O5S. The highest BCUT2D eigenvalue weighted by Gasteiger charge is 2.47. The normalized spacial score (nSPS) is 24.7. The topological polar surface area (TPSA) is 104 Å². The fourth-order valence-electron chi connectivity index (χ4n) is 4.51. The minimum absolute atomic E-state index is 0.189. The zero-order valence-corrected chi connectivity index (χ0v) is 18.1. The van der Waals surface area contributed by atoms with Crippen molar-refractivity contribution in [2.75, 3.05) is 25.0 Å². The second-order valence-electron chi connectivity index (χ2n) is 8.31. The van der Waals surface area contributed by atoms with E-state index in [0.717, 1.165) is 30.6 Å². The number of hydrogen-bond donors (Lipinski definition) is 1. The van der Waals surface area contributed by atoms with Crippen LogP contribution >= 0.6 is 0 Å². The van der Waals surface area contributed by atoms with Crippen LogP contribution in [0.2, 0.25) is 0 Å². The molecule has 0 saturated carbocycles. The summed E-state index contributed by atoms with van der Waals surface area (Å²) in [5, 5.41) is 2.65. The van der Waals surface area contributed by atoms with Crippen LogP contribution in [-0.2, 0) is 24.4 Å². The Hall–Kier alpha value is -2.52. The average Bonchev–Trinajstić information content (AvgIpc) is 2.96. The maximum absolute atomic E-state index is 12.9. The van der Waals surface area contributed by atoms with Gasteiger partial charge in [0.15, 0.2) is 0 Å². The molecule has 2 saturated heterocycles. The molecule has 1 N–H and O–H groups in total. The second-order valence-corrected chi connectivity index (χ2v) is 10.2. The Morgan fingerprint density at radius 2 is 1.45 bits per heavy atom. The van der Waals surface area contributed by atoms with Crippen molar-refractivity contribution in [3.8, 4) is 0 Å². The van der Waals surface area contributed by atoms with Crippen molar-refractivity contribution in [1.82, 2.24) is 9.21 Å². The van der Waals surface area contributed by atoms with Crippen molar-refractivity contribution in [2.24, 2.45) is 11.8 Å². The summed E-state index contributed by atoms with van der Waals surface area (Å²) >= 11 is 0. The molecule has 8 nitrogen and oxygen atoms in total. The number of nitrogens with zero attached hydrogens (tertiary/aromatic N) is 2. The molecule has 0 spiro atoms. The van der Waals surface area contributed by atoms with Crippen LogP contribution in [0.3, 0.4) is 0 Å². The number of benzene rings is 1. The standard InChI is InChI=1S/C22H27N3O5S/c26-20(15-25-21(27)18-7-3-4-8-19(18)22(25)28)23-16-9-11-17(12-10-16)31(29,30)24-13-5-1-2-6-14-24/h3-4,9-12,18-19H,1-2,5-8,13-15H2,(H,23,26)/t18-,19-/m1/s1. The molecule has 3 aliphatic rings. The van der Waals surface area contributed by atoms with Crippen LogP contribution in [0.15, 0.2) is 41.3 Å². The fourth-order valence-corrected chi connectivity index (χ4v) is 6.03. The number of likely N-dealkylation sites (tertiary alicyclic amines) is 1. The van der Waals surface area contributed by atoms with E-state index in [-0.39, 0.29) is 35.1 Å². The van der Waals surface area contributed by atoms with E-state index in [9.17, 15) is 22.8 Å². The van der Waals surface area contributed by atoms with E-state index in [1.807, 2.05) is 12.2 Å². The van der Waals surface area contributed by atoms with E-state index in [1.54, 1.807) is 0 Å². The van der Waals surface area contributed by atoms with Gasteiger partial charge in [-0.15, -0.1) is 0 Å². The number of carbonyl (C=O) groups excluding carboxylic acids is 3. The first kappa shape index (κ1) is 21.7. The van der Waals surface area contributed by atoms with Crippen molar-refractivity contribution >= 4 is 33.4 Å². The van der Waals surface area contributed by atoms with Crippen LogP contribution in [0.25, 0.3) is 0 Å². The summed E-state index contributed by atoms with van der Waals surface area (Å²) in [6.45, 7) is 0.713. The third-order valence-electron chi connectivity index (χ3n) is 6.24. The van der Waals surface area contributed by atoms with Gasteiger partial charge in [-0.05, 0) is 49.9 Å². The molecule has 9 heteroatoms. The Bertz CT molecular complexity index is 968. The van der Waals surface area contributed by atoms with Crippen molar-refractivity contribution in [2.45, 2.75) is 43.4 Å². The minimum Gasteiger partial charge on any atom is -0.325 e. The van der Waals surface area contributed by atoms with Gasteiger partial charge >= 0.3 is 0 Å². The Morgan fingerprint density at radius 3 is 2.00 bits per heavy atom. The van der Waals surface area contributed by atoms with Crippen LogP contribution in [0.5, 0.6) is 0 Å². The van der Waals surface area contributed by atoms with Gasteiger partial charge in [-0.3, -0.25) is 19.3 Å². The van der Waals surface area contributed by atoms with Gasteiger partial charge in [0, 0.05) is 18.8 Å². The fraction of sp³-hybridized carbons (Fsp3) is 0.500. The van der Waals surface area contributed by atoms with Crippen molar-refractivity contribution in [3.63, 3.8) is 0 Å². The highest BCUT2D eigenvalue weighted by atomic mass is 32.2. The molecule has 1 aliphatic carbocycles. The SMILES string of the molecule is O=C(CN1C(=O)[C@@H]2CC=CC[C@H]2C1=O)Nc1ccc(S(=O)(=O)N2CCCCCC2)cc1. The largest absolute Gasteiger partial charge is 0.325 e. The van der Waals surface area contributed by atoms with Gasteiger partial charge in [0.25, 0.3) is 0 Å². The first-order chi connectivity index (χ1) is 14.9. The maximum atomic E-state index is 12.9. The predicted octanol–water partition coefficient (Wildman–Crippen LogP) is 2.14. The molecule has 0 unspecified atom stereocenters. The number of carbonyl (C=O) groups is 3. The molecule has 0 aromatic heterocycles. The molecule has 31 heavy (non-hydrogen) atoms. The summed E-state index contributed by atoms with van der Waals surface area (Å²) < 4.78 is 27.2. The van der Waals surface area contributed by atoms with Crippen LogP contribution in [-0.4, -0.2) is 55.0 Å².